The van der Waals surface area contributed by atoms with Crippen molar-refractivity contribution in [3.8, 4) is 17.0 Å². The van der Waals surface area contributed by atoms with Crippen molar-refractivity contribution in [1.29, 1.82) is 0 Å². The molecule has 4 rings (SSSR count). The molecule has 0 bridgehead atoms. The minimum Gasteiger partial charge on any atom is -0.497 e. The van der Waals surface area contributed by atoms with Gasteiger partial charge in [0.15, 0.2) is 16.2 Å². The second-order valence-corrected chi connectivity index (χ2v) is 7.51. The predicted octanol–water partition coefficient (Wildman–Crippen LogP) is 3.84. The Bertz CT molecular complexity index is 951. The average molecular weight is 445 g/mol. The van der Waals surface area contributed by atoms with Crippen molar-refractivity contribution in [2.24, 2.45) is 0 Å². The molecule has 1 fully saturated rings. The fourth-order valence-corrected chi connectivity index (χ4v) is 3.69. The van der Waals surface area contributed by atoms with Crippen molar-refractivity contribution in [2.75, 3.05) is 25.1 Å². The first kappa shape index (κ1) is 18.6. The van der Waals surface area contributed by atoms with Crippen LogP contribution in [-0.2, 0) is 0 Å². The van der Waals surface area contributed by atoms with E-state index >= 15 is 0 Å². The molecule has 2 N–H and O–H groups in total. The van der Waals surface area contributed by atoms with Crippen LogP contribution in [0.25, 0.3) is 11.3 Å². The highest BCUT2D eigenvalue weighted by Crippen LogP contribution is 2.26. The van der Waals surface area contributed by atoms with Crippen molar-refractivity contribution < 1.29 is 13.9 Å². The molecular weight excluding hydrogens is 424 g/mol. The predicted molar refractivity (Wildman–Crippen MR) is 110 cm³/mol. The van der Waals surface area contributed by atoms with Crippen LogP contribution in [-0.4, -0.2) is 42.3 Å². The van der Waals surface area contributed by atoms with Crippen LogP contribution >= 0.6 is 15.9 Å². The van der Waals surface area contributed by atoms with E-state index in [9.17, 15) is 4.79 Å². The minimum absolute atomic E-state index is 0.0475. The van der Waals surface area contributed by atoms with E-state index in [4.69, 9.17) is 9.15 Å². The first-order valence-corrected chi connectivity index (χ1v) is 9.92. The number of rotatable bonds is 5. The van der Waals surface area contributed by atoms with Gasteiger partial charge in [-0.05, 0) is 70.7 Å². The number of benzene rings is 1. The first-order valence-electron chi connectivity index (χ1n) is 9.13. The molecule has 1 aliphatic heterocycles. The van der Waals surface area contributed by atoms with Gasteiger partial charge in [0.1, 0.15) is 5.75 Å². The van der Waals surface area contributed by atoms with Crippen LogP contribution in [0.15, 0.2) is 51.6 Å². The molecule has 0 spiro atoms. The number of methoxy groups -OCH3 is 1. The number of anilines is 1. The van der Waals surface area contributed by atoms with Crippen LogP contribution in [0.5, 0.6) is 5.75 Å². The summed E-state index contributed by atoms with van der Waals surface area (Å²) in [6, 6.07) is 13.3. The zero-order chi connectivity index (χ0) is 19.5. The average Bonchev–Trinajstić information content (AvgIpc) is 3.38. The number of nitrogens with one attached hydrogen (secondary N) is 2. The van der Waals surface area contributed by atoms with E-state index in [2.05, 4.69) is 36.3 Å². The Morgan fingerprint density at radius 1 is 1.32 bits per heavy atom. The SMILES string of the molecule is COc1ccc(-c2cc(N3CCC[C@H](NC(=O)c4ccc(Br)o4)C3)n[nH]2)cc1. The topological polar surface area (TPSA) is 83.4 Å². The van der Waals surface area contributed by atoms with Gasteiger partial charge in [0.05, 0.1) is 12.8 Å². The molecule has 1 atom stereocenters. The summed E-state index contributed by atoms with van der Waals surface area (Å²) >= 11 is 3.22. The van der Waals surface area contributed by atoms with Crippen LogP contribution in [0.4, 0.5) is 5.82 Å². The van der Waals surface area contributed by atoms with Gasteiger partial charge in [-0.15, -0.1) is 0 Å². The van der Waals surface area contributed by atoms with E-state index < -0.39 is 0 Å². The van der Waals surface area contributed by atoms with E-state index in [1.807, 2.05) is 30.3 Å². The number of H-pyrrole nitrogens is 1. The van der Waals surface area contributed by atoms with Gasteiger partial charge in [-0.25, -0.2) is 0 Å². The molecule has 1 saturated heterocycles. The smallest absolute Gasteiger partial charge is 0.287 e. The van der Waals surface area contributed by atoms with Gasteiger partial charge in [0.25, 0.3) is 5.91 Å². The molecule has 1 aliphatic rings. The first-order chi connectivity index (χ1) is 13.6. The summed E-state index contributed by atoms with van der Waals surface area (Å²) < 4.78 is 11.1. The number of carbonyl (C=O) groups excluding carboxylic acids is 1. The molecule has 7 nitrogen and oxygen atoms in total. The Morgan fingerprint density at radius 3 is 2.86 bits per heavy atom. The molecule has 0 aliphatic carbocycles. The molecule has 0 radical (unpaired) electrons. The Hall–Kier alpha value is -2.74. The Balaban J connectivity index is 1.41. The molecule has 8 heteroatoms. The lowest BCUT2D eigenvalue weighted by molar-refractivity contribution is 0.0903. The number of aromatic amines is 1. The fraction of sp³-hybridized carbons (Fsp3) is 0.300. The Kier molecular flexibility index (Phi) is 5.38. The Labute approximate surface area is 171 Å². The van der Waals surface area contributed by atoms with E-state index in [1.165, 1.54) is 0 Å². The van der Waals surface area contributed by atoms with E-state index in [0.29, 0.717) is 17.0 Å². The van der Waals surface area contributed by atoms with Crippen molar-refractivity contribution in [3.05, 3.63) is 52.9 Å². The number of piperidine rings is 1. The molecular formula is C20H21BrN4O3. The fourth-order valence-electron chi connectivity index (χ4n) is 3.39. The zero-order valence-corrected chi connectivity index (χ0v) is 17.0. The van der Waals surface area contributed by atoms with Crippen LogP contribution in [0.3, 0.4) is 0 Å². The van der Waals surface area contributed by atoms with Crippen molar-refractivity contribution >= 4 is 27.7 Å². The number of ether oxygens (including phenoxy) is 1. The molecule has 2 aromatic heterocycles. The quantitative estimate of drug-likeness (QED) is 0.624. The molecule has 0 unspecified atom stereocenters. The molecule has 0 saturated carbocycles. The number of amides is 1. The summed E-state index contributed by atoms with van der Waals surface area (Å²) in [4.78, 5) is 14.5. The standard InChI is InChI=1S/C20H21BrN4O3/c1-27-15-6-4-13(5-7-15)16-11-19(24-23-16)25-10-2-3-14(12-25)22-20(26)17-8-9-18(21)28-17/h4-9,11,14H,2-3,10,12H2,1H3,(H,22,26)(H,23,24)/t14-/m0/s1. The largest absolute Gasteiger partial charge is 0.497 e. The minimum atomic E-state index is -0.196. The monoisotopic (exact) mass is 444 g/mol. The third-order valence-electron chi connectivity index (χ3n) is 4.84. The molecule has 1 aromatic carbocycles. The highest BCUT2D eigenvalue weighted by atomic mass is 79.9. The zero-order valence-electron chi connectivity index (χ0n) is 15.4. The lowest BCUT2D eigenvalue weighted by Crippen LogP contribution is -2.47. The number of hydrogen-bond donors (Lipinski definition) is 2. The molecule has 28 heavy (non-hydrogen) atoms. The number of carbonyl (C=O) groups is 1. The van der Waals surface area contributed by atoms with E-state index in [-0.39, 0.29) is 11.9 Å². The summed E-state index contributed by atoms with van der Waals surface area (Å²) in [5, 5.41) is 10.6. The van der Waals surface area contributed by atoms with Crippen molar-refractivity contribution in [2.45, 2.75) is 18.9 Å². The second-order valence-electron chi connectivity index (χ2n) is 6.73. The number of aromatic nitrogens is 2. The van der Waals surface area contributed by atoms with Crippen LogP contribution in [0, 0.1) is 0 Å². The maximum atomic E-state index is 12.3. The van der Waals surface area contributed by atoms with Gasteiger partial charge in [0.2, 0.25) is 0 Å². The van der Waals surface area contributed by atoms with Crippen LogP contribution in [0.2, 0.25) is 0 Å². The highest BCUT2D eigenvalue weighted by Gasteiger charge is 2.24. The van der Waals surface area contributed by atoms with Crippen molar-refractivity contribution in [3.63, 3.8) is 0 Å². The third kappa shape index (κ3) is 4.06. The summed E-state index contributed by atoms with van der Waals surface area (Å²) in [6.45, 7) is 1.62. The summed E-state index contributed by atoms with van der Waals surface area (Å²) in [6.07, 6.45) is 1.91. The normalized spacial score (nSPS) is 16.8. The van der Waals surface area contributed by atoms with Crippen LogP contribution < -0.4 is 15.0 Å². The maximum Gasteiger partial charge on any atom is 0.287 e. The van der Waals surface area contributed by atoms with Gasteiger partial charge >= 0.3 is 0 Å². The van der Waals surface area contributed by atoms with Gasteiger partial charge in [-0.3, -0.25) is 9.89 Å². The van der Waals surface area contributed by atoms with Gasteiger partial charge in [-0.1, -0.05) is 0 Å². The van der Waals surface area contributed by atoms with Gasteiger partial charge in [0, 0.05) is 25.2 Å². The van der Waals surface area contributed by atoms with Crippen LogP contribution in [0.1, 0.15) is 23.4 Å². The second kappa shape index (κ2) is 8.10. The van der Waals surface area contributed by atoms with Gasteiger partial charge in [-0.2, -0.15) is 5.10 Å². The van der Waals surface area contributed by atoms with E-state index in [1.54, 1.807) is 19.2 Å². The lowest BCUT2D eigenvalue weighted by Gasteiger charge is -2.33. The third-order valence-corrected chi connectivity index (χ3v) is 5.27. The number of halogens is 1. The maximum absolute atomic E-state index is 12.3. The van der Waals surface area contributed by atoms with Crippen molar-refractivity contribution in [1.82, 2.24) is 15.5 Å². The highest BCUT2D eigenvalue weighted by molar-refractivity contribution is 9.10. The number of nitrogens with zero attached hydrogens (tertiary/aromatic N) is 2. The molecule has 3 aromatic rings. The number of hydrogen-bond acceptors (Lipinski definition) is 5. The van der Waals surface area contributed by atoms with E-state index in [0.717, 1.165) is 42.2 Å². The summed E-state index contributed by atoms with van der Waals surface area (Å²) in [5.41, 5.74) is 1.99. The molecule has 146 valence electrons. The summed E-state index contributed by atoms with van der Waals surface area (Å²) in [5.74, 6) is 1.82. The Morgan fingerprint density at radius 2 is 2.14 bits per heavy atom. The molecule has 1 amide bonds. The lowest BCUT2D eigenvalue weighted by atomic mass is 10.1. The number of furan rings is 1. The van der Waals surface area contributed by atoms with Gasteiger partial charge < -0.3 is 19.4 Å². The summed E-state index contributed by atoms with van der Waals surface area (Å²) in [7, 11) is 1.65. The molecule has 3 heterocycles.